The lowest BCUT2D eigenvalue weighted by Crippen LogP contribution is -2.30. The molecule has 2 N–H and O–H groups in total. The van der Waals surface area contributed by atoms with Crippen LogP contribution in [0.5, 0.6) is 5.75 Å². The third kappa shape index (κ3) is 3.49. The van der Waals surface area contributed by atoms with Crippen molar-refractivity contribution in [2.45, 2.75) is 17.9 Å². The van der Waals surface area contributed by atoms with Crippen molar-refractivity contribution in [2.75, 3.05) is 13.7 Å². The Morgan fingerprint density at radius 2 is 2.06 bits per heavy atom. The van der Waals surface area contributed by atoms with Crippen LogP contribution in [-0.4, -0.2) is 33.3 Å². The molecule has 102 valence electrons. The minimum atomic E-state index is -3.82. The Labute approximate surface area is 116 Å². The number of aliphatic hydroxyl groups is 1. The van der Waals surface area contributed by atoms with Crippen LogP contribution in [0.15, 0.2) is 17.0 Å². The first-order valence-corrected chi connectivity index (χ1v) is 7.23. The molecule has 0 unspecified atom stereocenters. The molecule has 0 bridgehead atoms. The highest BCUT2D eigenvalue weighted by Crippen LogP contribution is 2.37. The van der Waals surface area contributed by atoms with Gasteiger partial charge in [0.1, 0.15) is 9.92 Å². The van der Waals surface area contributed by atoms with Crippen LogP contribution in [0.1, 0.15) is 6.92 Å². The van der Waals surface area contributed by atoms with Crippen LogP contribution in [0, 0.1) is 0 Å². The summed E-state index contributed by atoms with van der Waals surface area (Å²) in [7, 11) is -2.52. The number of ether oxygens (including phenoxy) is 1. The van der Waals surface area contributed by atoms with Crippen LogP contribution in [0.25, 0.3) is 0 Å². The summed E-state index contributed by atoms with van der Waals surface area (Å²) in [6.45, 7) is 1.36. The lowest BCUT2D eigenvalue weighted by molar-refractivity contribution is 0.198. The number of hydrogen-bond acceptors (Lipinski definition) is 4. The minimum Gasteiger partial charge on any atom is -0.494 e. The standard InChI is InChI=1S/C10H13Cl2NO4S/c1-6(14)5-13-18(15,16)8-4-3-7(11)9(12)10(8)17-2/h3-4,6,13-14H,5H2,1-2H3/t6-/m0/s1. The number of methoxy groups -OCH3 is 1. The van der Waals surface area contributed by atoms with Gasteiger partial charge in [-0.2, -0.15) is 0 Å². The molecule has 0 amide bonds. The molecular weight excluding hydrogens is 301 g/mol. The van der Waals surface area contributed by atoms with E-state index in [1.807, 2.05) is 0 Å². The molecule has 5 nitrogen and oxygen atoms in total. The molecule has 0 saturated heterocycles. The van der Waals surface area contributed by atoms with Crippen LogP contribution < -0.4 is 9.46 Å². The van der Waals surface area contributed by atoms with Crippen LogP contribution in [0.2, 0.25) is 10.0 Å². The molecule has 0 aromatic heterocycles. The molecule has 0 aliphatic rings. The second-order valence-electron chi connectivity index (χ2n) is 3.59. The van der Waals surface area contributed by atoms with E-state index >= 15 is 0 Å². The molecule has 8 heteroatoms. The van der Waals surface area contributed by atoms with Gasteiger partial charge in [-0.1, -0.05) is 23.2 Å². The van der Waals surface area contributed by atoms with E-state index in [-0.39, 0.29) is 27.2 Å². The summed E-state index contributed by atoms with van der Waals surface area (Å²) < 4.78 is 31.1. The first-order valence-electron chi connectivity index (χ1n) is 4.99. The molecule has 0 fully saturated rings. The maximum atomic E-state index is 12.0. The molecule has 0 spiro atoms. The maximum absolute atomic E-state index is 12.0. The highest BCUT2D eigenvalue weighted by Gasteiger charge is 2.23. The Bertz CT molecular complexity index is 531. The third-order valence-electron chi connectivity index (χ3n) is 2.08. The second kappa shape index (κ2) is 6.08. The summed E-state index contributed by atoms with van der Waals surface area (Å²) in [6, 6.07) is 2.65. The minimum absolute atomic E-state index is 0.0257. The quantitative estimate of drug-likeness (QED) is 0.867. The smallest absolute Gasteiger partial charge is 0.244 e. The van der Waals surface area contributed by atoms with Gasteiger partial charge in [-0.25, -0.2) is 13.1 Å². The Balaban J connectivity index is 3.20. The summed E-state index contributed by atoms with van der Waals surface area (Å²) in [5, 5.41) is 9.31. The summed E-state index contributed by atoms with van der Waals surface area (Å²) >= 11 is 11.6. The molecule has 1 aromatic rings. The molecule has 1 rings (SSSR count). The zero-order valence-electron chi connectivity index (χ0n) is 9.78. The van der Waals surface area contributed by atoms with Gasteiger partial charge in [-0.3, -0.25) is 0 Å². The number of rotatable bonds is 5. The normalized spacial score (nSPS) is 13.4. The Hall–Kier alpha value is -0.530. The van der Waals surface area contributed by atoms with E-state index in [1.165, 1.54) is 26.2 Å². The Morgan fingerprint density at radius 1 is 1.44 bits per heavy atom. The number of nitrogens with one attached hydrogen (secondary N) is 1. The first-order chi connectivity index (χ1) is 8.29. The monoisotopic (exact) mass is 313 g/mol. The summed E-state index contributed by atoms with van der Waals surface area (Å²) in [4.78, 5) is -0.125. The van der Waals surface area contributed by atoms with Crippen LogP contribution in [0.4, 0.5) is 0 Å². The average molecular weight is 314 g/mol. The third-order valence-corrected chi connectivity index (χ3v) is 4.31. The number of hydrogen-bond donors (Lipinski definition) is 2. The zero-order chi connectivity index (χ0) is 13.9. The van der Waals surface area contributed by atoms with Crippen molar-refractivity contribution in [3.05, 3.63) is 22.2 Å². The fourth-order valence-corrected chi connectivity index (χ4v) is 2.96. The summed E-state index contributed by atoms with van der Waals surface area (Å²) in [6.07, 6.45) is -0.798. The molecule has 0 radical (unpaired) electrons. The lowest BCUT2D eigenvalue weighted by atomic mass is 10.3. The van der Waals surface area contributed by atoms with Crippen molar-refractivity contribution in [3.63, 3.8) is 0 Å². The summed E-state index contributed by atoms with van der Waals surface area (Å²) in [5.74, 6) is -0.0257. The molecule has 18 heavy (non-hydrogen) atoms. The van der Waals surface area contributed by atoms with Crippen molar-refractivity contribution in [2.24, 2.45) is 0 Å². The van der Waals surface area contributed by atoms with Gasteiger partial charge in [-0.05, 0) is 19.1 Å². The number of sulfonamides is 1. The molecule has 1 aromatic carbocycles. The van der Waals surface area contributed by atoms with E-state index in [2.05, 4.69) is 4.72 Å². The number of benzene rings is 1. The van der Waals surface area contributed by atoms with Crippen molar-refractivity contribution < 1.29 is 18.3 Å². The summed E-state index contributed by atoms with van der Waals surface area (Å²) in [5.41, 5.74) is 0. The van der Waals surface area contributed by atoms with Gasteiger partial charge in [-0.15, -0.1) is 0 Å². The van der Waals surface area contributed by atoms with Gasteiger partial charge in [0.15, 0.2) is 5.75 Å². The van der Waals surface area contributed by atoms with E-state index in [1.54, 1.807) is 0 Å². The van der Waals surface area contributed by atoms with Crippen LogP contribution >= 0.6 is 23.2 Å². The van der Waals surface area contributed by atoms with E-state index < -0.39 is 16.1 Å². The molecule has 0 aliphatic carbocycles. The fourth-order valence-electron chi connectivity index (χ4n) is 1.22. The van der Waals surface area contributed by atoms with Crippen molar-refractivity contribution in [1.29, 1.82) is 0 Å². The highest BCUT2D eigenvalue weighted by atomic mass is 35.5. The maximum Gasteiger partial charge on any atom is 0.244 e. The van der Waals surface area contributed by atoms with Gasteiger partial charge in [0.25, 0.3) is 0 Å². The predicted octanol–water partition coefficient (Wildman–Crippen LogP) is 1.66. The number of halogens is 2. The zero-order valence-corrected chi connectivity index (χ0v) is 12.1. The van der Waals surface area contributed by atoms with Crippen LogP contribution in [-0.2, 0) is 10.0 Å². The SMILES string of the molecule is COc1c(S(=O)(=O)NC[C@H](C)O)ccc(Cl)c1Cl. The van der Waals surface area contributed by atoms with E-state index in [9.17, 15) is 8.42 Å². The largest absolute Gasteiger partial charge is 0.494 e. The van der Waals surface area contributed by atoms with Crippen molar-refractivity contribution in [1.82, 2.24) is 4.72 Å². The second-order valence-corrected chi connectivity index (χ2v) is 6.11. The molecule has 0 heterocycles. The van der Waals surface area contributed by atoms with Gasteiger partial charge in [0.05, 0.1) is 18.2 Å². The molecule has 0 aliphatic heterocycles. The van der Waals surface area contributed by atoms with Crippen LogP contribution in [0.3, 0.4) is 0 Å². The van der Waals surface area contributed by atoms with Gasteiger partial charge < -0.3 is 9.84 Å². The molecule has 0 saturated carbocycles. The molecule has 1 atom stereocenters. The number of aliphatic hydroxyl groups excluding tert-OH is 1. The van der Waals surface area contributed by atoms with E-state index in [0.717, 1.165) is 0 Å². The predicted molar refractivity (Wildman–Crippen MR) is 69.9 cm³/mol. The average Bonchev–Trinajstić information content (AvgIpc) is 2.29. The molecular formula is C10H13Cl2NO4S. The van der Waals surface area contributed by atoms with Crippen molar-refractivity contribution >= 4 is 33.2 Å². The van der Waals surface area contributed by atoms with Gasteiger partial charge in [0, 0.05) is 6.54 Å². The Kier molecular flexibility index (Phi) is 5.24. The topological polar surface area (TPSA) is 75.6 Å². The van der Waals surface area contributed by atoms with Crippen molar-refractivity contribution in [3.8, 4) is 5.75 Å². The lowest BCUT2D eigenvalue weighted by Gasteiger charge is -2.13. The van der Waals surface area contributed by atoms with E-state index in [0.29, 0.717) is 0 Å². The van der Waals surface area contributed by atoms with Gasteiger partial charge >= 0.3 is 0 Å². The van der Waals surface area contributed by atoms with Gasteiger partial charge in [0.2, 0.25) is 10.0 Å². The fraction of sp³-hybridized carbons (Fsp3) is 0.400. The highest BCUT2D eigenvalue weighted by molar-refractivity contribution is 7.89. The van der Waals surface area contributed by atoms with E-state index in [4.69, 9.17) is 33.0 Å². The Morgan fingerprint density at radius 3 is 2.56 bits per heavy atom. The first kappa shape index (κ1) is 15.5.